The number of aryl methyl sites for hydroxylation is 1. The van der Waals surface area contributed by atoms with Crippen LogP contribution in [0.3, 0.4) is 0 Å². The lowest BCUT2D eigenvalue weighted by Crippen LogP contribution is -2.24. The van der Waals surface area contributed by atoms with Gasteiger partial charge < -0.3 is 10.0 Å². The topological polar surface area (TPSA) is 83.6 Å². The fraction of sp³-hybridized carbons (Fsp3) is 0.455. The third-order valence-electron chi connectivity index (χ3n) is 3.16. The van der Waals surface area contributed by atoms with E-state index < -0.39 is 5.97 Å². The molecule has 0 aliphatic carbocycles. The van der Waals surface area contributed by atoms with Gasteiger partial charge in [0.05, 0.1) is 5.92 Å². The van der Waals surface area contributed by atoms with Gasteiger partial charge in [-0.1, -0.05) is 0 Å². The maximum atomic E-state index is 10.9. The van der Waals surface area contributed by atoms with Gasteiger partial charge >= 0.3 is 5.97 Å². The molecule has 0 saturated carbocycles. The molecular weight excluding hydrogens is 234 g/mol. The number of nitrogens with zero attached hydrogens (tertiary/aromatic N) is 5. The van der Waals surface area contributed by atoms with Crippen molar-refractivity contribution < 1.29 is 9.90 Å². The quantitative estimate of drug-likeness (QED) is 0.824. The van der Waals surface area contributed by atoms with E-state index >= 15 is 0 Å². The lowest BCUT2D eigenvalue weighted by molar-refractivity contribution is -0.140. The first-order valence-electron chi connectivity index (χ1n) is 5.82. The number of rotatable bonds is 2. The molecule has 1 aliphatic rings. The normalized spacial score (nSPS) is 19.6. The lowest BCUT2D eigenvalue weighted by Gasteiger charge is -2.15. The Morgan fingerprint density at radius 3 is 3.00 bits per heavy atom. The first-order valence-corrected chi connectivity index (χ1v) is 5.82. The van der Waals surface area contributed by atoms with Crippen LogP contribution >= 0.6 is 0 Å². The highest BCUT2D eigenvalue weighted by atomic mass is 16.4. The Morgan fingerprint density at radius 2 is 2.28 bits per heavy atom. The Bertz CT molecular complexity index is 608. The van der Waals surface area contributed by atoms with Crippen LogP contribution in [0.5, 0.6) is 0 Å². The summed E-state index contributed by atoms with van der Waals surface area (Å²) >= 11 is 0. The number of aliphatic carboxylic acids is 1. The van der Waals surface area contributed by atoms with Crippen LogP contribution in [0.2, 0.25) is 0 Å². The van der Waals surface area contributed by atoms with Gasteiger partial charge in [-0.05, 0) is 25.5 Å². The molecule has 94 valence electrons. The molecule has 1 fully saturated rings. The van der Waals surface area contributed by atoms with Crippen LogP contribution in [0.4, 0.5) is 5.82 Å². The van der Waals surface area contributed by atoms with Crippen molar-refractivity contribution in [3.05, 3.63) is 18.0 Å². The minimum absolute atomic E-state index is 0.306. The number of carbonyl (C=O) groups is 1. The van der Waals surface area contributed by atoms with E-state index in [1.54, 1.807) is 0 Å². The second-order valence-corrected chi connectivity index (χ2v) is 4.47. The number of hydrogen-bond donors (Lipinski definition) is 1. The summed E-state index contributed by atoms with van der Waals surface area (Å²) in [6, 6.07) is 3.70. The SMILES string of the molecule is Cc1nc2ccc(N3CCC(C(=O)O)C3)nn2n1. The fourth-order valence-corrected chi connectivity index (χ4v) is 2.22. The van der Waals surface area contributed by atoms with Gasteiger partial charge in [0.2, 0.25) is 0 Å². The van der Waals surface area contributed by atoms with E-state index in [4.69, 9.17) is 5.11 Å². The van der Waals surface area contributed by atoms with Crippen molar-refractivity contribution >= 4 is 17.4 Å². The molecule has 0 bridgehead atoms. The van der Waals surface area contributed by atoms with Crippen LogP contribution in [-0.2, 0) is 4.79 Å². The number of carboxylic acids is 1. The molecule has 1 saturated heterocycles. The van der Waals surface area contributed by atoms with Gasteiger partial charge in [0.15, 0.2) is 11.5 Å². The van der Waals surface area contributed by atoms with Crippen molar-refractivity contribution in [1.29, 1.82) is 0 Å². The van der Waals surface area contributed by atoms with Crippen LogP contribution in [0, 0.1) is 12.8 Å². The molecule has 1 aliphatic heterocycles. The Balaban J connectivity index is 1.88. The highest BCUT2D eigenvalue weighted by Gasteiger charge is 2.28. The van der Waals surface area contributed by atoms with E-state index in [1.807, 2.05) is 24.0 Å². The molecule has 1 N–H and O–H groups in total. The van der Waals surface area contributed by atoms with E-state index in [9.17, 15) is 4.79 Å². The molecule has 0 radical (unpaired) electrons. The molecule has 2 aromatic heterocycles. The Kier molecular flexibility index (Phi) is 2.39. The molecule has 2 aromatic rings. The molecular formula is C11H13N5O2. The minimum atomic E-state index is -0.741. The molecule has 7 nitrogen and oxygen atoms in total. The average molecular weight is 247 g/mol. The number of fused-ring (bicyclic) bond motifs is 1. The summed E-state index contributed by atoms with van der Waals surface area (Å²) in [6.45, 7) is 3.02. The Hall–Kier alpha value is -2.18. The van der Waals surface area contributed by atoms with Gasteiger partial charge in [0.25, 0.3) is 0 Å². The van der Waals surface area contributed by atoms with Gasteiger partial charge in [0.1, 0.15) is 5.82 Å². The van der Waals surface area contributed by atoms with Gasteiger partial charge in [-0.25, -0.2) is 4.98 Å². The van der Waals surface area contributed by atoms with Crippen LogP contribution in [0.15, 0.2) is 12.1 Å². The van der Waals surface area contributed by atoms with Crippen molar-refractivity contribution in [1.82, 2.24) is 19.8 Å². The number of anilines is 1. The average Bonchev–Trinajstić information content (AvgIpc) is 2.91. The summed E-state index contributed by atoms with van der Waals surface area (Å²) in [5, 5.41) is 17.5. The van der Waals surface area contributed by atoms with Crippen LogP contribution in [0.25, 0.3) is 5.65 Å². The van der Waals surface area contributed by atoms with Gasteiger partial charge in [-0.15, -0.1) is 14.8 Å². The summed E-state index contributed by atoms with van der Waals surface area (Å²) in [7, 11) is 0. The molecule has 1 atom stereocenters. The first-order chi connectivity index (χ1) is 8.63. The maximum absolute atomic E-state index is 10.9. The van der Waals surface area contributed by atoms with E-state index in [2.05, 4.69) is 15.2 Å². The van der Waals surface area contributed by atoms with Crippen molar-refractivity contribution in [2.45, 2.75) is 13.3 Å². The van der Waals surface area contributed by atoms with Crippen molar-refractivity contribution in [3.8, 4) is 0 Å². The molecule has 18 heavy (non-hydrogen) atoms. The maximum Gasteiger partial charge on any atom is 0.308 e. The van der Waals surface area contributed by atoms with Crippen molar-refractivity contribution in [2.75, 3.05) is 18.0 Å². The van der Waals surface area contributed by atoms with Crippen molar-refractivity contribution in [3.63, 3.8) is 0 Å². The predicted molar refractivity (Wildman–Crippen MR) is 63.5 cm³/mol. The lowest BCUT2D eigenvalue weighted by atomic mass is 10.1. The first kappa shape index (κ1) is 10.9. The van der Waals surface area contributed by atoms with Gasteiger partial charge in [-0.2, -0.15) is 0 Å². The van der Waals surface area contributed by atoms with Crippen molar-refractivity contribution in [2.24, 2.45) is 5.92 Å². The summed E-state index contributed by atoms with van der Waals surface area (Å²) < 4.78 is 1.48. The van der Waals surface area contributed by atoms with E-state index in [0.29, 0.717) is 31.0 Å². The minimum Gasteiger partial charge on any atom is -0.481 e. The van der Waals surface area contributed by atoms with Gasteiger partial charge in [0, 0.05) is 13.1 Å². The van der Waals surface area contributed by atoms with E-state index in [0.717, 1.165) is 5.82 Å². The molecule has 0 spiro atoms. The third kappa shape index (κ3) is 1.77. The smallest absolute Gasteiger partial charge is 0.308 e. The Morgan fingerprint density at radius 1 is 1.44 bits per heavy atom. The molecule has 1 unspecified atom stereocenters. The third-order valence-corrected chi connectivity index (χ3v) is 3.16. The summed E-state index contributed by atoms with van der Waals surface area (Å²) in [5.74, 6) is 0.371. The van der Waals surface area contributed by atoms with E-state index in [-0.39, 0.29) is 5.92 Å². The molecule has 0 aromatic carbocycles. The van der Waals surface area contributed by atoms with E-state index in [1.165, 1.54) is 4.63 Å². The van der Waals surface area contributed by atoms with Crippen LogP contribution in [0.1, 0.15) is 12.2 Å². The largest absolute Gasteiger partial charge is 0.481 e. The summed E-state index contributed by atoms with van der Waals surface area (Å²) in [4.78, 5) is 17.1. The number of aromatic nitrogens is 4. The predicted octanol–water partition coefficient (Wildman–Crippen LogP) is 0.344. The van der Waals surface area contributed by atoms with Crippen LogP contribution < -0.4 is 4.90 Å². The zero-order valence-electron chi connectivity index (χ0n) is 9.94. The molecule has 7 heteroatoms. The second-order valence-electron chi connectivity index (χ2n) is 4.47. The second kappa shape index (κ2) is 3.94. The molecule has 0 amide bonds. The zero-order valence-corrected chi connectivity index (χ0v) is 9.94. The summed E-state index contributed by atoms with van der Waals surface area (Å²) in [5.41, 5.74) is 0.699. The zero-order chi connectivity index (χ0) is 12.7. The fourth-order valence-electron chi connectivity index (χ4n) is 2.22. The highest BCUT2D eigenvalue weighted by Crippen LogP contribution is 2.22. The van der Waals surface area contributed by atoms with Gasteiger partial charge in [-0.3, -0.25) is 4.79 Å². The molecule has 3 heterocycles. The highest BCUT2D eigenvalue weighted by molar-refractivity contribution is 5.71. The number of carboxylic acid groups (broad SMARTS) is 1. The monoisotopic (exact) mass is 247 g/mol. The Labute approximate surface area is 103 Å². The molecule has 3 rings (SSSR count). The standard InChI is InChI=1S/C11H13N5O2/c1-7-12-9-2-3-10(14-16(9)13-7)15-5-4-8(6-15)11(17)18/h2-3,8H,4-6H2,1H3,(H,17,18). The summed E-state index contributed by atoms with van der Waals surface area (Å²) in [6.07, 6.45) is 0.658. The number of hydrogen-bond acceptors (Lipinski definition) is 5. The van der Waals surface area contributed by atoms with Crippen LogP contribution in [-0.4, -0.2) is 44.0 Å².